The lowest BCUT2D eigenvalue weighted by molar-refractivity contribution is 0.412. The fourth-order valence-electron chi connectivity index (χ4n) is 2.06. The van der Waals surface area contributed by atoms with Crippen LogP contribution in [0.3, 0.4) is 0 Å². The van der Waals surface area contributed by atoms with Gasteiger partial charge in [0, 0.05) is 6.07 Å². The molecule has 104 valence electrons. The number of azo groups is 1. The molecule has 2 aromatic rings. The van der Waals surface area contributed by atoms with E-state index in [9.17, 15) is 0 Å². The zero-order valence-corrected chi connectivity index (χ0v) is 12.2. The summed E-state index contributed by atoms with van der Waals surface area (Å²) in [4.78, 5) is 0. The Hall–Kier alpha value is -2.36. The van der Waals surface area contributed by atoms with E-state index in [1.54, 1.807) is 14.2 Å². The summed E-state index contributed by atoms with van der Waals surface area (Å²) < 4.78 is 10.5. The van der Waals surface area contributed by atoms with Crippen LogP contribution in [0, 0.1) is 13.8 Å². The Morgan fingerprint density at radius 1 is 0.900 bits per heavy atom. The van der Waals surface area contributed by atoms with Crippen molar-refractivity contribution < 1.29 is 9.47 Å². The molecule has 0 amide bonds. The predicted molar refractivity (Wildman–Crippen MR) is 79.6 cm³/mol. The lowest BCUT2D eigenvalue weighted by Crippen LogP contribution is -1.88. The first-order valence-corrected chi connectivity index (χ1v) is 6.35. The van der Waals surface area contributed by atoms with Crippen LogP contribution in [0.25, 0.3) is 0 Å². The van der Waals surface area contributed by atoms with Crippen LogP contribution >= 0.6 is 0 Å². The van der Waals surface area contributed by atoms with E-state index in [0.717, 1.165) is 34.0 Å². The molecule has 0 unspecified atom stereocenters. The maximum Gasteiger partial charge on any atom is 0.149 e. The van der Waals surface area contributed by atoms with Gasteiger partial charge in [-0.2, -0.15) is 5.11 Å². The lowest BCUT2D eigenvalue weighted by atomic mass is 10.1. The van der Waals surface area contributed by atoms with Crippen LogP contribution in [0.4, 0.5) is 11.4 Å². The van der Waals surface area contributed by atoms with Gasteiger partial charge in [0.2, 0.25) is 0 Å². The molecule has 0 aromatic heterocycles. The van der Waals surface area contributed by atoms with Gasteiger partial charge in [0.25, 0.3) is 0 Å². The molecule has 0 radical (unpaired) electrons. The molecule has 0 bridgehead atoms. The maximum atomic E-state index is 5.39. The minimum atomic E-state index is 0.729. The van der Waals surface area contributed by atoms with Crippen LogP contribution in [0.2, 0.25) is 0 Å². The van der Waals surface area contributed by atoms with E-state index in [0.29, 0.717) is 0 Å². The van der Waals surface area contributed by atoms with Gasteiger partial charge in [0.1, 0.15) is 17.2 Å². The Kier molecular flexibility index (Phi) is 4.35. The first-order valence-electron chi connectivity index (χ1n) is 6.35. The number of benzene rings is 2. The van der Waals surface area contributed by atoms with Gasteiger partial charge in [0.15, 0.2) is 0 Å². The summed E-state index contributed by atoms with van der Waals surface area (Å²) in [5, 5.41) is 8.53. The fourth-order valence-corrected chi connectivity index (χ4v) is 2.06. The van der Waals surface area contributed by atoms with Crippen LogP contribution in [-0.2, 0) is 0 Å². The van der Waals surface area contributed by atoms with Crippen molar-refractivity contribution >= 4 is 11.4 Å². The second-order valence-electron chi connectivity index (χ2n) is 4.54. The first-order chi connectivity index (χ1) is 9.63. The fraction of sp³-hybridized carbons (Fsp3) is 0.250. The second-order valence-corrected chi connectivity index (χ2v) is 4.54. The van der Waals surface area contributed by atoms with Gasteiger partial charge >= 0.3 is 0 Å². The Morgan fingerprint density at radius 3 is 2.40 bits per heavy atom. The van der Waals surface area contributed by atoms with Gasteiger partial charge in [-0.3, -0.25) is 0 Å². The molecule has 0 atom stereocenters. The molecular weight excluding hydrogens is 252 g/mol. The molecule has 0 fully saturated rings. The van der Waals surface area contributed by atoms with E-state index in [-0.39, 0.29) is 0 Å². The van der Waals surface area contributed by atoms with Crippen molar-refractivity contribution in [3.8, 4) is 11.5 Å². The van der Waals surface area contributed by atoms with Crippen molar-refractivity contribution in [1.29, 1.82) is 0 Å². The highest BCUT2D eigenvalue weighted by molar-refractivity contribution is 5.58. The molecule has 0 saturated heterocycles. The van der Waals surface area contributed by atoms with Crippen molar-refractivity contribution in [2.75, 3.05) is 14.2 Å². The number of hydrogen-bond donors (Lipinski definition) is 0. The quantitative estimate of drug-likeness (QED) is 0.753. The van der Waals surface area contributed by atoms with Crippen LogP contribution in [0.5, 0.6) is 11.5 Å². The largest absolute Gasteiger partial charge is 0.497 e. The summed E-state index contributed by atoms with van der Waals surface area (Å²) in [6.45, 7) is 4.02. The molecule has 4 heteroatoms. The molecule has 0 aliphatic carbocycles. The monoisotopic (exact) mass is 270 g/mol. The topological polar surface area (TPSA) is 43.2 Å². The summed E-state index contributed by atoms with van der Waals surface area (Å²) in [5.74, 6) is 1.51. The van der Waals surface area contributed by atoms with Crippen LogP contribution in [-0.4, -0.2) is 14.2 Å². The van der Waals surface area contributed by atoms with Crippen molar-refractivity contribution in [2.24, 2.45) is 10.2 Å². The standard InChI is InChI=1S/C16H18N2O2/c1-11-8-12(2)16(20-4)15(9-11)18-17-13-6-5-7-14(10-13)19-3/h5-10H,1-4H3. The molecular formula is C16H18N2O2. The molecule has 0 aliphatic rings. The molecule has 2 rings (SSSR count). The Balaban J connectivity index is 2.35. The van der Waals surface area contributed by atoms with Crippen molar-refractivity contribution in [2.45, 2.75) is 13.8 Å². The molecule has 4 nitrogen and oxygen atoms in total. The van der Waals surface area contributed by atoms with Crippen LogP contribution < -0.4 is 9.47 Å². The lowest BCUT2D eigenvalue weighted by Gasteiger charge is -2.08. The third-order valence-electron chi connectivity index (χ3n) is 2.93. The Bertz CT molecular complexity index is 636. The Labute approximate surface area is 119 Å². The number of aryl methyl sites for hydroxylation is 2. The number of methoxy groups -OCH3 is 2. The average Bonchev–Trinajstić information content (AvgIpc) is 2.45. The minimum Gasteiger partial charge on any atom is -0.497 e. The van der Waals surface area contributed by atoms with E-state index in [2.05, 4.69) is 16.3 Å². The van der Waals surface area contributed by atoms with Crippen molar-refractivity contribution in [1.82, 2.24) is 0 Å². The highest BCUT2D eigenvalue weighted by Gasteiger charge is 2.06. The highest BCUT2D eigenvalue weighted by atomic mass is 16.5. The van der Waals surface area contributed by atoms with Gasteiger partial charge < -0.3 is 9.47 Å². The van der Waals surface area contributed by atoms with E-state index in [4.69, 9.17) is 9.47 Å². The average molecular weight is 270 g/mol. The van der Waals surface area contributed by atoms with Gasteiger partial charge in [-0.25, -0.2) is 0 Å². The molecule has 0 saturated carbocycles. The van der Waals surface area contributed by atoms with Crippen molar-refractivity contribution in [3.63, 3.8) is 0 Å². The SMILES string of the molecule is COc1cccc(N=Nc2cc(C)cc(C)c2OC)c1. The number of rotatable bonds is 4. The molecule has 0 aliphatic heterocycles. The number of ether oxygens (including phenoxy) is 2. The summed E-state index contributed by atoms with van der Waals surface area (Å²) in [5.41, 5.74) is 3.65. The van der Waals surface area contributed by atoms with Gasteiger partial charge in [-0.05, 0) is 43.2 Å². The summed E-state index contributed by atoms with van der Waals surface area (Å²) in [7, 11) is 3.27. The second kappa shape index (κ2) is 6.19. The smallest absolute Gasteiger partial charge is 0.149 e. The Morgan fingerprint density at radius 2 is 1.70 bits per heavy atom. The van der Waals surface area contributed by atoms with E-state index in [1.165, 1.54) is 0 Å². The normalized spacial score (nSPS) is 10.8. The molecule has 0 heterocycles. The molecule has 2 aromatic carbocycles. The summed E-state index contributed by atoms with van der Waals surface area (Å²) in [6.07, 6.45) is 0. The molecule has 0 spiro atoms. The zero-order chi connectivity index (χ0) is 14.5. The van der Waals surface area contributed by atoms with E-state index >= 15 is 0 Å². The van der Waals surface area contributed by atoms with E-state index in [1.807, 2.05) is 44.2 Å². The van der Waals surface area contributed by atoms with Gasteiger partial charge in [0.05, 0.1) is 19.9 Å². The van der Waals surface area contributed by atoms with Gasteiger partial charge in [-0.15, -0.1) is 5.11 Å². The molecule has 0 N–H and O–H groups in total. The van der Waals surface area contributed by atoms with E-state index < -0.39 is 0 Å². The number of hydrogen-bond acceptors (Lipinski definition) is 4. The summed E-state index contributed by atoms with van der Waals surface area (Å²) >= 11 is 0. The van der Waals surface area contributed by atoms with Crippen molar-refractivity contribution in [3.05, 3.63) is 47.5 Å². The minimum absolute atomic E-state index is 0.729. The third-order valence-corrected chi connectivity index (χ3v) is 2.93. The zero-order valence-electron chi connectivity index (χ0n) is 12.2. The highest BCUT2D eigenvalue weighted by Crippen LogP contribution is 2.33. The summed E-state index contributed by atoms with van der Waals surface area (Å²) in [6, 6.07) is 11.5. The van der Waals surface area contributed by atoms with Gasteiger partial charge in [-0.1, -0.05) is 12.1 Å². The van der Waals surface area contributed by atoms with Crippen LogP contribution in [0.15, 0.2) is 46.6 Å². The molecule has 20 heavy (non-hydrogen) atoms. The first kappa shape index (κ1) is 14.1. The van der Waals surface area contributed by atoms with Crippen LogP contribution in [0.1, 0.15) is 11.1 Å². The third kappa shape index (κ3) is 3.15. The number of nitrogens with zero attached hydrogens (tertiary/aromatic N) is 2. The maximum absolute atomic E-state index is 5.39. The predicted octanol–water partition coefficient (Wildman–Crippen LogP) is 4.74.